The molecule has 2 aromatic rings. The third kappa shape index (κ3) is 4.19. The maximum atomic E-state index is 11.4. The number of pyridine rings is 1. The fourth-order valence-electron chi connectivity index (χ4n) is 2.08. The van der Waals surface area contributed by atoms with E-state index in [1.54, 1.807) is 20.0 Å². The molecule has 0 N–H and O–H groups in total. The maximum absolute atomic E-state index is 11.4. The Bertz CT molecular complexity index is 707. The second-order valence-corrected chi connectivity index (χ2v) is 7.31. The minimum atomic E-state index is -3.72. The number of rotatable bonds is 5. The van der Waals surface area contributed by atoms with Crippen molar-refractivity contribution in [3.8, 4) is 5.75 Å². The van der Waals surface area contributed by atoms with Crippen LogP contribution in [0.3, 0.4) is 0 Å². The number of nitrogens with zero attached hydrogens (tertiary/aromatic N) is 1. The highest BCUT2D eigenvalue weighted by Crippen LogP contribution is 2.28. The Morgan fingerprint density at radius 3 is 2.38 bits per heavy atom. The van der Waals surface area contributed by atoms with Gasteiger partial charge in [-0.1, -0.05) is 6.07 Å². The molecule has 21 heavy (non-hydrogen) atoms. The number of benzene rings is 1. The molecule has 1 aromatic heterocycles. The van der Waals surface area contributed by atoms with Crippen LogP contribution in [0.25, 0.3) is 0 Å². The van der Waals surface area contributed by atoms with E-state index in [-0.39, 0.29) is 4.90 Å². The molecule has 0 saturated carbocycles. The Kier molecular flexibility index (Phi) is 4.85. The van der Waals surface area contributed by atoms with E-state index in [0.29, 0.717) is 18.8 Å². The Hall–Kier alpha value is -1.59. The highest BCUT2D eigenvalue weighted by molar-refractivity contribution is 8.13. The molecule has 0 aliphatic rings. The lowest BCUT2D eigenvalue weighted by atomic mass is 10.1. The Morgan fingerprint density at radius 1 is 1.19 bits per heavy atom. The summed E-state index contributed by atoms with van der Waals surface area (Å²) in [7, 11) is 1.64. The van der Waals surface area contributed by atoms with E-state index in [0.717, 1.165) is 16.8 Å². The van der Waals surface area contributed by atoms with Crippen LogP contribution in [0.15, 0.2) is 41.4 Å². The maximum Gasteiger partial charge on any atom is 0.261 e. The standard InChI is InChI=1S/C15H16ClNO3S/c1-11-9-14(21(16,18)19)10-12(2)15(11)20-8-6-13-5-3-4-7-17-13/h3-5,7,9-10H,6,8H2,1-2H3. The van der Waals surface area contributed by atoms with E-state index >= 15 is 0 Å². The molecule has 0 unspecified atom stereocenters. The third-order valence-electron chi connectivity index (χ3n) is 3.05. The van der Waals surface area contributed by atoms with Gasteiger partial charge in [-0.2, -0.15) is 0 Å². The molecule has 1 heterocycles. The van der Waals surface area contributed by atoms with Gasteiger partial charge in [0.15, 0.2) is 0 Å². The normalized spacial score (nSPS) is 11.4. The van der Waals surface area contributed by atoms with Crippen molar-refractivity contribution in [3.05, 3.63) is 53.3 Å². The average Bonchev–Trinajstić information content (AvgIpc) is 2.42. The molecule has 0 atom stereocenters. The number of hydrogen-bond acceptors (Lipinski definition) is 4. The lowest BCUT2D eigenvalue weighted by molar-refractivity contribution is 0.316. The summed E-state index contributed by atoms with van der Waals surface area (Å²) >= 11 is 0. The summed E-state index contributed by atoms with van der Waals surface area (Å²) in [6.07, 6.45) is 2.43. The van der Waals surface area contributed by atoms with Crippen LogP contribution >= 0.6 is 10.7 Å². The van der Waals surface area contributed by atoms with Crippen LogP contribution in [0.4, 0.5) is 0 Å². The van der Waals surface area contributed by atoms with Crippen molar-refractivity contribution in [2.24, 2.45) is 0 Å². The van der Waals surface area contributed by atoms with Gasteiger partial charge in [0.1, 0.15) is 5.75 Å². The van der Waals surface area contributed by atoms with E-state index < -0.39 is 9.05 Å². The van der Waals surface area contributed by atoms with Crippen molar-refractivity contribution >= 4 is 19.7 Å². The molecule has 1 aromatic carbocycles. The van der Waals surface area contributed by atoms with Crippen LogP contribution in [0.5, 0.6) is 5.75 Å². The molecule has 0 fully saturated rings. The number of aromatic nitrogens is 1. The molecule has 0 saturated heterocycles. The van der Waals surface area contributed by atoms with E-state index in [2.05, 4.69) is 4.98 Å². The second-order valence-electron chi connectivity index (χ2n) is 4.74. The zero-order valence-corrected chi connectivity index (χ0v) is 13.4. The van der Waals surface area contributed by atoms with Crippen molar-refractivity contribution in [2.75, 3.05) is 6.61 Å². The Morgan fingerprint density at radius 2 is 1.86 bits per heavy atom. The van der Waals surface area contributed by atoms with E-state index in [1.165, 1.54) is 12.1 Å². The summed E-state index contributed by atoms with van der Waals surface area (Å²) in [5.74, 6) is 0.690. The molecule has 112 valence electrons. The average molecular weight is 326 g/mol. The molecule has 0 bridgehead atoms. The minimum Gasteiger partial charge on any atom is -0.493 e. The van der Waals surface area contributed by atoms with Crippen LogP contribution in [-0.4, -0.2) is 20.0 Å². The van der Waals surface area contributed by atoms with E-state index in [4.69, 9.17) is 15.4 Å². The zero-order chi connectivity index (χ0) is 15.5. The van der Waals surface area contributed by atoms with Gasteiger partial charge in [-0.25, -0.2) is 8.42 Å². The van der Waals surface area contributed by atoms with Crippen molar-refractivity contribution in [2.45, 2.75) is 25.2 Å². The first-order chi connectivity index (χ1) is 9.88. The summed E-state index contributed by atoms with van der Waals surface area (Å²) in [6.45, 7) is 4.08. The van der Waals surface area contributed by atoms with Gasteiger partial charge in [-0.05, 0) is 49.2 Å². The highest BCUT2D eigenvalue weighted by Gasteiger charge is 2.14. The quantitative estimate of drug-likeness (QED) is 0.792. The zero-order valence-electron chi connectivity index (χ0n) is 11.8. The monoisotopic (exact) mass is 325 g/mol. The summed E-state index contributed by atoms with van der Waals surface area (Å²) < 4.78 is 28.5. The molecular formula is C15H16ClNO3S. The first-order valence-corrected chi connectivity index (χ1v) is 8.77. The van der Waals surface area contributed by atoms with Gasteiger partial charge in [0, 0.05) is 29.0 Å². The molecule has 0 aliphatic heterocycles. The van der Waals surface area contributed by atoms with E-state index in [9.17, 15) is 8.42 Å². The van der Waals surface area contributed by atoms with Crippen molar-refractivity contribution in [1.29, 1.82) is 0 Å². The van der Waals surface area contributed by atoms with Crippen LogP contribution in [0, 0.1) is 13.8 Å². The first kappa shape index (κ1) is 15.8. The number of hydrogen-bond donors (Lipinski definition) is 0. The largest absolute Gasteiger partial charge is 0.493 e. The van der Waals surface area contributed by atoms with Gasteiger partial charge < -0.3 is 4.74 Å². The molecule has 0 amide bonds. The summed E-state index contributed by atoms with van der Waals surface area (Å²) in [6, 6.07) is 8.77. The van der Waals surface area contributed by atoms with E-state index in [1.807, 2.05) is 18.2 Å². The van der Waals surface area contributed by atoms with Crippen molar-refractivity contribution in [1.82, 2.24) is 4.98 Å². The van der Waals surface area contributed by atoms with Gasteiger partial charge in [-0.15, -0.1) is 0 Å². The molecule has 0 radical (unpaired) electrons. The van der Waals surface area contributed by atoms with Crippen LogP contribution in [0.1, 0.15) is 16.8 Å². The number of ether oxygens (including phenoxy) is 1. The third-order valence-corrected chi connectivity index (χ3v) is 4.38. The topological polar surface area (TPSA) is 56.3 Å². The predicted octanol–water partition coefficient (Wildman–Crippen LogP) is 3.25. The molecule has 6 heteroatoms. The van der Waals surface area contributed by atoms with Crippen molar-refractivity contribution < 1.29 is 13.2 Å². The Labute approximate surface area is 129 Å². The lowest BCUT2D eigenvalue weighted by Crippen LogP contribution is -2.05. The van der Waals surface area contributed by atoms with Gasteiger partial charge in [-0.3, -0.25) is 4.98 Å². The lowest BCUT2D eigenvalue weighted by Gasteiger charge is -2.13. The summed E-state index contributed by atoms with van der Waals surface area (Å²) in [5.41, 5.74) is 2.44. The molecule has 2 rings (SSSR count). The summed E-state index contributed by atoms with van der Waals surface area (Å²) in [4.78, 5) is 4.32. The van der Waals surface area contributed by atoms with Crippen LogP contribution in [0.2, 0.25) is 0 Å². The molecular weight excluding hydrogens is 310 g/mol. The number of aryl methyl sites for hydroxylation is 2. The van der Waals surface area contributed by atoms with Crippen LogP contribution < -0.4 is 4.74 Å². The fraction of sp³-hybridized carbons (Fsp3) is 0.267. The first-order valence-electron chi connectivity index (χ1n) is 6.46. The fourth-order valence-corrected chi connectivity index (χ4v) is 2.99. The Balaban J connectivity index is 2.11. The number of halogens is 1. The van der Waals surface area contributed by atoms with Gasteiger partial charge in [0.2, 0.25) is 0 Å². The molecule has 4 nitrogen and oxygen atoms in total. The predicted molar refractivity (Wildman–Crippen MR) is 82.4 cm³/mol. The summed E-state index contributed by atoms with van der Waals surface area (Å²) in [5, 5.41) is 0. The minimum absolute atomic E-state index is 0.0937. The van der Waals surface area contributed by atoms with Gasteiger partial charge >= 0.3 is 0 Å². The highest BCUT2D eigenvalue weighted by atomic mass is 35.7. The van der Waals surface area contributed by atoms with Crippen molar-refractivity contribution in [3.63, 3.8) is 0 Å². The second kappa shape index (κ2) is 6.45. The van der Waals surface area contributed by atoms with Gasteiger partial charge in [0.05, 0.1) is 11.5 Å². The molecule has 0 spiro atoms. The van der Waals surface area contributed by atoms with Crippen LogP contribution in [-0.2, 0) is 15.5 Å². The SMILES string of the molecule is Cc1cc(S(=O)(=O)Cl)cc(C)c1OCCc1ccccn1. The smallest absolute Gasteiger partial charge is 0.261 e. The van der Waals surface area contributed by atoms with Gasteiger partial charge in [0.25, 0.3) is 9.05 Å². The molecule has 0 aliphatic carbocycles.